The van der Waals surface area contributed by atoms with Gasteiger partial charge in [0, 0.05) is 18.3 Å². The summed E-state index contributed by atoms with van der Waals surface area (Å²) in [6.45, 7) is 21.6. The van der Waals surface area contributed by atoms with Gasteiger partial charge in [-0.05, 0) is 112 Å². The van der Waals surface area contributed by atoms with Crippen LogP contribution in [0.5, 0.6) is 0 Å². The molecule has 8 heterocycles. The summed E-state index contributed by atoms with van der Waals surface area (Å²) in [5, 5.41) is 9.71. The molecule has 0 saturated carbocycles. The molecule has 3 fully saturated rings. The number of aryl methyl sites for hydroxylation is 1. The van der Waals surface area contributed by atoms with Crippen LogP contribution in [0.1, 0.15) is 120 Å². The average molecular weight is 1370 g/mol. The second-order valence-electron chi connectivity index (χ2n) is 25.6. The van der Waals surface area contributed by atoms with Crippen molar-refractivity contribution in [1.82, 2.24) is 34.1 Å². The van der Waals surface area contributed by atoms with Crippen LogP contribution in [0, 0.1) is 11.3 Å². The van der Waals surface area contributed by atoms with Crippen molar-refractivity contribution in [2.75, 3.05) is 50.9 Å². The zero-order chi connectivity index (χ0) is 65.1. The molecule has 1 N–H and O–H groups in total. The number of ether oxygens (including phenoxy) is 3. The van der Waals surface area contributed by atoms with E-state index in [-0.39, 0.29) is 57.8 Å². The van der Waals surface area contributed by atoms with Gasteiger partial charge in [-0.3, -0.25) is 18.8 Å². The maximum atomic E-state index is 15.2. The van der Waals surface area contributed by atoms with Crippen LogP contribution in [-0.4, -0.2) is 145 Å². The zero-order valence-electron chi connectivity index (χ0n) is 53.3. The first kappa shape index (κ1) is 70.0. The number of imidazole rings is 1. The first-order chi connectivity index (χ1) is 42.5. The monoisotopic (exact) mass is 1370 g/mol. The van der Waals surface area contributed by atoms with Crippen LogP contribution >= 0.6 is 25.0 Å². The summed E-state index contributed by atoms with van der Waals surface area (Å²) in [4.78, 5) is 69.0. The highest BCUT2D eigenvalue weighted by Crippen LogP contribution is 2.58. The number of carbonyl (C=O) groups excluding carboxylic acids is 2. The second kappa shape index (κ2) is 28.7. The molecular weight excluding hydrogens is 1290 g/mol. The molecule has 10 atom stereocenters. The van der Waals surface area contributed by atoms with Crippen LogP contribution in [0.4, 0.5) is 5.82 Å². The van der Waals surface area contributed by atoms with E-state index in [1.54, 1.807) is 56.8 Å². The molecule has 0 radical (unpaired) electrons. The van der Waals surface area contributed by atoms with Crippen molar-refractivity contribution in [3.8, 4) is 6.07 Å². The molecule has 0 aliphatic carbocycles. The van der Waals surface area contributed by atoms with Crippen molar-refractivity contribution >= 4 is 105 Å². The highest BCUT2D eigenvalue weighted by atomic mass is 35.5. The van der Waals surface area contributed by atoms with Crippen molar-refractivity contribution in [3.05, 3.63) is 107 Å². The molecule has 90 heavy (non-hydrogen) atoms. The molecule has 4 aliphatic heterocycles. The molecule has 2 aromatic carbocycles. The molecule has 10 rings (SSSR count). The third-order valence-corrected chi connectivity index (χ3v) is 30.7. The van der Waals surface area contributed by atoms with Gasteiger partial charge in [0.2, 0.25) is 0 Å². The fourth-order valence-electron chi connectivity index (χ4n) is 10.5. The van der Waals surface area contributed by atoms with E-state index in [2.05, 4.69) is 105 Å². The Bertz CT molecular complexity index is 3640. The number of amides is 1. The highest BCUT2D eigenvalue weighted by molar-refractivity contribution is 8.07. The number of benzene rings is 2. The minimum atomic E-state index is -4.60. The Morgan fingerprint density at radius 3 is 2.04 bits per heavy atom. The quantitative estimate of drug-likeness (QED) is 0.0311. The van der Waals surface area contributed by atoms with E-state index in [1.165, 1.54) is 32.3 Å². The van der Waals surface area contributed by atoms with Gasteiger partial charge in [-0.15, -0.1) is 0 Å². The summed E-state index contributed by atoms with van der Waals surface area (Å²) < 4.78 is 70.8. The summed E-state index contributed by atoms with van der Waals surface area (Å²) >= 11 is 19.0. The number of hydrogen-bond acceptors (Lipinski definition) is 21. The highest BCUT2D eigenvalue weighted by Gasteiger charge is 2.57. The van der Waals surface area contributed by atoms with Crippen LogP contribution in [0.2, 0.25) is 41.4 Å². The number of fused-ring (bicyclic) bond motifs is 4. The van der Waals surface area contributed by atoms with E-state index < -0.39 is 98.3 Å². The molecule has 23 nitrogen and oxygen atoms in total. The predicted molar refractivity (Wildman–Crippen MR) is 351 cm³/mol. The molecule has 4 aliphatic rings. The number of nitrogens with zero attached hydrogens (tertiary/aromatic N) is 9. The number of rotatable bonds is 16. The first-order valence-corrected chi connectivity index (χ1v) is 41.7. The summed E-state index contributed by atoms with van der Waals surface area (Å²) in [5.41, 5.74) is 2.53. The van der Waals surface area contributed by atoms with Gasteiger partial charge in [-0.1, -0.05) is 101 Å². The van der Waals surface area contributed by atoms with E-state index in [9.17, 15) is 14.9 Å². The van der Waals surface area contributed by atoms with Gasteiger partial charge in [0.1, 0.15) is 66.7 Å². The lowest BCUT2D eigenvalue weighted by atomic mass is 10.1. The molecule has 4 aromatic heterocycles. The number of carbonyl (C=O) groups is 2. The number of aromatic nitrogens is 7. The molecule has 2 unspecified atom stereocenters. The van der Waals surface area contributed by atoms with E-state index in [1.807, 2.05) is 29.0 Å². The normalized spacial score (nSPS) is 26.0. The Morgan fingerprint density at radius 1 is 0.800 bits per heavy atom. The van der Waals surface area contributed by atoms with E-state index in [0.29, 0.717) is 47.4 Å². The van der Waals surface area contributed by atoms with Gasteiger partial charge in [-0.25, -0.2) is 29.7 Å². The van der Waals surface area contributed by atoms with Crippen LogP contribution < -0.4 is 14.7 Å². The topological polar surface area (TPSA) is 255 Å². The Balaban J connectivity index is 0.00000130. The third kappa shape index (κ3) is 15.5. The molecule has 6 aromatic rings. The molecular formula is C60H83ClN10O13P2S2Si2. The number of hydrogen-bond donors (Lipinski definition) is 1. The molecule has 0 spiro atoms. The standard InChI is InChI=1S/C54H68ClN9O13P2S2Si2.C6H15N/c1-53(2,3)82(7,8)76-42-37-28-70-78(67,80)74-41-36(72-51(44(41)77-83(9,10)54(4,5)6)63-27-35-23-17-25-62(46-39(35)47(63)58-31-57-46)49(65)33-19-13-11-14-20-33)29-71-79(81,69-26-18-24-56)75-43(42)50(73-37)64-32-59-40-45(55)60-38(61-48(40)64)30-68-52(66)34-21-15-12-16-22-34;1-4-7(5-2)6-3/h11-16,19-22,27,31-32,36-37,41-44,50-51H,17-18,23,25-26,28-30H2,1-10H3,(H,67,80);4-6H2,1-3H3/t36-,37-,41-,42-,43-,44-,50-,51-,78?,79?;/m1./s1. The van der Waals surface area contributed by atoms with Crippen molar-refractivity contribution in [3.63, 3.8) is 0 Å². The third-order valence-electron chi connectivity index (χ3n) is 17.6. The summed E-state index contributed by atoms with van der Waals surface area (Å²) in [5.74, 6) is -0.301. The van der Waals surface area contributed by atoms with Crippen LogP contribution in [0.3, 0.4) is 0 Å². The van der Waals surface area contributed by atoms with Crippen molar-refractivity contribution < 1.29 is 65.1 Å². The van der Waals surface area contributed by atoms with Gasteiger partial charge < -0.3 is 55.5 Å². The predicted octanol–water partition coefficient (Wildman–Crippen LogP) is 9.94. The summed E-state index contributed by atoms with van der Waals surface area (Å²) in [6.07, 6.45) is -3.16. The number of esters is 1. The molecule has 3 saturated heterocycles. The minimum Gasteiger partial charge on any atom is -0.780 e. The van der Waals surface area contributed by atoms with Crippen LogP contribution in [0.25, 0.3) is 22.2 Å². The van der Waals surface area contributed by atoms with Crippen molar-refractivity contribution in [2.45, 2.75) is 174 Å². The Hall–Kier alpha value is -4.38. The van der Waals surface area contributed by atoms with E-state index in [0.717, 1.165) is 5.56 Å². The van der Waals surface area contributed by atoms with Crippen molar-refractivity contribution in [1.29, 1.82) is 5.26 Å². The fourth-order valence-corrected chi connectivity index (χ4v) is 16.9. The zero-order valence-corrected chi connectivity index (χ0v) is 59.5. The lowest BCUT2D eigenvalue weighted by Crippen LogP contribution is -3.11. The minimum absolute atomic E-state index is 0.0378. The molecule has 2 bridgehead atoms. The Morgan fingerprint density at radius 2 is 1.42 bits per heavy atom. The first-order valence-electron chi connectivity index (χ1n) is 30.4. The van der Waals surface area contributed by atoms with E-state index >= 15 is 4.89 Å². The van der Waals surface area contributed by atoms with Gasteiger partial charge in [-0.2, -0.15) is 5.26 Å². The van der Waals surface area contributed by atoms with Gasteiger partial charge in [0.25, 0.3) is 5.91 Å². The van der Waals surface area contributed by atoms with Gasteiger partial charge in [0.15, 0.2) is 52.3 Å². The van der Waals surface area contributed by atoms with Crippen LogP contribution in [-0.2, 0) is 82.3 Å². The number of quaternary nitrogens is 1. The number of halogens is 1. The number of nitriles is 1. The Labute approximate surface area is 544 Å². The largest absolute Gasteiger partial charge is 0.780 e. The fraction of sp³-hybridized carbons (Fsp3) is 0.567. The lowest BCUT2D eigenvalue weighted by Gasteiger charge is -2.42. The molecule has 30 heteroatoms. The SMILES string of the molecule is CC(C)(C)[Si](C)(C)O[C@@H]1[C@@H]2OP([O-])(=S)OC[C@H]3O[C@@H](n4cnc5c(Cl)nc(COC(=O)c6ccccc6)nc54)[C@H](OP(=S)(OCCC#N)OC[C@H]2O[C@H]1n1cc2c4c(ncnc41)N(C(=O)c1ccccc1)CCC2)[C@@H]3O[Si](C)(C)C(C)(C)C.CC[NH+](CC)CC. The smallest absolute Gasteiger partial charge is 0.338 e. The summed E-state index contributed by atoms with van der Waals surface area (Å²) in [7, 11) is -5.63. The molecule has 488 valence electrons. The van der Waals surface area contributed by atoms with Crippen LogP contribution in [0.15, 0.2) is 79.5 Å². The number of anilines is 1. The number of nitrogens with one attached hydrogen (secondary N) is 1. The Kier molecular flexibility index (Phi) is 22.3. The van der Waals surface area contributed by atoms with Gasteiger partial charge in [0.05, 0.1) is 69.2 Å². The van der Waals surface area contributed by atoms with E-state index in [4.69, 9.17) is 95.8 Å². The van der Waals surface area contributed by atoms with Gasteiger partial charge >= 0.3 is 12.7 Å². The van der Waals surface area contributed by atoms with Crippen molar-refractivity contribution in [2.24, 2.45) is 0 Å². The lowest BCUT2D eigenvalue weighted by molar-refractivity contribution is -0.894. The maximum absolute atomic E-state index is 15.2. The maximum Gasteiger partial charge on any atom is 0.338 e. The second-order valence-corrected chi connectivity index (χ2v) is 41.1. The summed E-state index contributed by atoms with van der Waals surface area (Å²) in [6, 6.07) is 19.6. The average Bonchev–Trinajstić information content (AvgIpc) is 1.62. The molecule has 1 amide bonds.